The number of H-pyrrole nitrogens is 1. The van der Waals surface area contributed by atoms with Crippen molar-refractivity contribution in [2.45, 2.75) is 13.3 Å². The molecule has 0 saturated carbocycles. The van der Waals surface area contributed by atoms with Crippen molar-refractivity contribution in [3.63, 3.8) is 0 Å². The summed E-state index contributed by atoms with van der Waals surface area (Å²) in [7, 11) is 0. The molecule has 1 aromatic carbocycles. The highest BCUT2D eigenvalue weighted by atomic mass is 15.0. The summed E-state index contributed by atoms with van der Waals surface area (Å²) in [5.74, 6) is 0.150. The van der Waals surface area contributed by atoms with Crippen molar-refractivity contribution in [3.8, 4) is 0 Å². The molecule has 0 aliphatic heterocycles. The lowest BCUT2D eigenvalue weighted by Crippen LogP contribution is -2.23. The molecule has 0 aliphatic rings. The Bertz CT molecular complexity index is 521. The van der Waals surface area contributed by atoms with Crippen LogP contribution in [0.15, 0.2) is 29.3 Å². The average molecular weight is 216 g/mol. The molecule has 1 heterocycles. The van der Waals surface area contributed by atoms with Crippen LogP contribution >= 0.6 is 0 Å². The summed E-state index contributed by atoms with van der Waals surface area (Å²) < 4.78 is 0. The van der Waals surface area contributed by atoms with Gasteiger partial charge < -0.3 is 16.5 Å². The Morgan fingerprint density at radius 3 is 2.81 bits per heavy atom. The third kappa shape index (κ3) is 2.00. The average Bonchev–Trinajstić information content (AvgIpc) is 2.55. The van der Waals surface area contributed by atoms with Crippen LogP contribution in [0.3, 0.4) is 0 Å². The molecule has 0 atom stereocenters. The Morgan fingerprint density at radius 2 is 2.06 bits per heavy atom. The summed E-state index contributed by atoms with van der Waals surface area (Å²) in [6.07, 6.45) is 0.855. The van der Waals surface area contributed by atoms with Gasteiger partial charge in [0.15, 0.2) is 5.96 Å². The van der Waals surface area contributed by atoms with Gasteiger partial charge in [-0.3, -0.25) is 4.99 Å². The molecule has 4 nitrogen and oxygen atoms in total. The first-order valence-corrected chi connectivity index (χ1v) is 5.30. The van der Waals surface area contributed by atoms with Crippen LogP contribution in [-0.4, -0.2) is 17.5 Å². The number of nitrogens with two attached hydrogens (primary N) is 2. The molecule has 0 fully saturated rings. The number of para-hydroxylation sites is 1. The molecule has 4 heteroatoms. The number of benzene rings is 1. The normalized spacial score (nSPS) is 10.6. The van der Waals surface area contributed by atoms with Gasteiger partial charge in [-0.25, -0.2) is 0 Å². The van der Waals surface area contributed by atoms with Gasteiger partial charge in [0.25, 0.3) is 0 Å². The molecule has 0 aliphatic carbocycles. The number of nitrogens with one attached hydrogen (secondary N) is 1. The standard InChI is InChI=1S/C12H16N4/c1-8-9(6-7-15-12(13)14)10-4-2-3-5-11(10)16-8/h2-5,16H,6-7H2,1H3,(H4,13,14,15). The van der Waals surface area contributed by atoms with Crippen molar-refractivity contribution in [2.75, 3.05) is 6.54 Å². The lowest BCUT2D eigenvalue weighted by molar-refractivity contribution is 0.957. The predicted octanol–water partition coefficient (Wildman–Crippen LogP) is 1.29. The minimum absolute atomic E-state index is 0.150. The minimum atomic E-state index is 0.150. The van der Waals surface area contributed by atoms with E-state index in [9.17, 15) is 0 Å². The quantitative estimate of drug-likeness (QED) is 0.534. The Labute approximate surface area is 94.4 Å². The zero-order chi connectivity index (χ0) is 11.5. The molecule has 2 rings (SSSR count). The first kappa shape index (κ1) is 10.5. The molecule has 16 heavy (non-hydrogen) atoms. The van der Waals surface area contributed by atoms with E-state index in [1.54, 1.807) is 0 Å². The van der Waals surface area contributed by atoms with Crippen molar-refractivity contribution >= 4 is 16.9 Å². The summed E-state index contributed by atoms with van der Waals surface area (Å²) in [6, 6.07) is 8.26. The fraction of sp³-hybridized carbons (Fsp3) is 0.250. The predicted molar refractivity (Wildman–Crippen MR) is 67.4 cm³/mol. The van der Waals surface area contributed by atoms with E-state index in [-0.39, 0.29) is 5.96 Å². The second-order valence-corrected chi connectivity index (χ2v) is 3.83. The van der Waals surface area contributed by atoms with E-state index in [1.807, 2.05) is 12.1 Å². The monoisotopic (exact) mass is 216 g/mol. The molecular formula is C12H16N4. The van der Waals surface area contributed by atoms with Gasteiger partial charge in [-0.05, 0) is 25.0 Å². The van der Waals surface area contributed by atoms with E-state index < -0.39 is 0 Å². The van der Waals surface area contributed by atoms with E-state index in [0.29, 0.717) is 6.54 Å². The zero-order valence-corrected chi connectivity index (χ0v) is 9.33. The van der Waals surface area contributed by atoms with Gasteiger partial charge in [-0.15, -0.1) is 0 Å². The maximum atomic E-state index is 5.30. The molecule has 1 aromatic heterocycles. The number of hydrogen-bond donors (Lipinski definition) is 3. The lowest BCUT2D eigenvalue weighted by Gasteiger charge is -1.98. The molecule has 0 spiro atoms. The van der Waals surface area contributed by atoms with E-state index >= 15 is 0 Å². The Kier molecular flexibility index (Phi) is 2.81. The summed E-state index contributed by atoms with van der Waals surface area (Å²) in [4.78, 5) is 7.36. The third-order valence-electron chi connectivity index (χ3n) is 2.68. The first-order chi connectivity index (χ1) is 7.68. The number of aromatic nitrogens is 1. The summed E-state index contributed by atoms with van der Waals surface area (Å²) in [6.45, 7) is 2.70. The van der Waals surface area contributed by atoms with Crippen LogP contribution in [0.25, 0.3) is 10.9 Å². The highest BCUT2D eigenvalue weighted by molar-refractivity contribution is 5.84. The lowest BCUT2D eigenvalue weighted by atomic mass is 10.1. The van der Waals surface area contributed by atoms with Gasteiger partial charge in [0.2, 0.25) is 0 Å². The van der Waals surface area contributed by atoms with Crippen LogP contribution in [0.2, 0.25) is 0 Å². The number of aromatic amines is 1. The van der Waals surface area contributed by atoms with Crippen LogP contribution in [-0.2, 0) is 6.42 Å². The number of fused-ring (bicyclic) bond motifs is 1. The SMILES string of the molecule is Cc1[nH]c2ccccc2c1CCN=C(N)N. The number of aryl methyl sites for hydroxylation is 1. The molecule has 0 radical (unpaired) electrons. The summed E-state index contributed by atoms with van der Waals surface area (Å²) >= 11 is 0. The van der Waals surface area contributed by atoms with Gasteiger partial charge in [0.05, 0.1) is 0 Å². The van der Waals surface area contributed by atoms with Gasteiger partial charge in [0.1, 0.15) is 0 Å². The Morgan fingerprint density at radius 1 is 1.31 bits per heavy atom. The number of hydrogen-bond acceptors (Lipinski definition) is 1. The van der Waals surface area contributed by atoms with Crippen LogP contribution in [0.4, 0.5) is 0 Å². The molecule has 0 bridgehead atoms. The largest absolute Gasteiger partial charge is 0.370 e. The summed E-state index contributed by atoms with van der Waals surface area (Å²) in [5.41, 5.74) is 14.3. The van der Waals surface area contributed by atoms with Crippen LogP contribution in [0.1, 0.15) is 11.3 Å². The Balaban J connectivity index is 2.29. The number of guanidine groups is 1. The van der Waals surface area contributed by atoms with Crippen molar-refractivity contribution in [2.24, 2.45) is 16.5 Å². The minimum Gasteiger partial charge on any atom is -0.370 e. The second-order valence-electron chi connectivity index (χ2n) is 3.83. The number of aliphatic imine (C=N–C) groups is 1. The van der Waals surface area contributed by atoms with Crippen LogP contribution < -0.4 is 11.5 Å². The molecule has 5 N–H and O–H groups in total. The van der Waals surface area contributed by atoms with Gasteiger partial charge >= 0.3 is 0 Å². The Hall–Kier alpha value is -1.97. The third-order valence-corrected chi connectivity index (χ3v) is 2.68. The van der Waals surface area contributed by atoms with Crippen molar-refractivity contribution in [3.05, 3.63) is 35.5 Å². The number of nitrogens with zero attached hydrogens (tertiary/aromatic N) is 1. The van der Waals surface area contributed by atoms with Crippen molar-refractivity contribution in [1.29, 1.82) is 0 Å². The summed E-state index contributed by atoms with van der Waals surface area (Å²) in [5, 5.41) is 1.26. The molecule has 2 aromatic rings. The maximum absolute atomic E-state index is 5.30. The van der Waals surface area contributed by atoms with Crippen LogP contribution in [0, 0.1) is 6.92 Å². The van der Waals surface area contributed by atoms with Gasteiger partial charge in [-0.2, -0.15) is 0 Å². The van der Waals surface area contributed by atoms with Gasteiger partial charge in [0, 0.05) is 23.1 Å². The highest BCUT2D eigenvalue weighted by Crippen LogP contribution is 2.22. The van der Waals surface area contributed by atoms with E-state index in [4.69, 9.17) is 11.5 Å². The fourth-order valence-corrected chi connectivity index (χ4v) is 1.95. The highest BCUT2D eigenvalue weighted by Gasteiger charge is 2.06. The topological polar surface area (TPSA) is 80.2 Å². The fourth-order valence-electron chi connectivity index (χ4n) is 1.95. The first-order valence-electron chi connectivity index (χ1n) is 5.30. The molecule has 0 unspecified atom stereocenters. The van der Waals surface area contributed by atoms with Crippen molar-refractivity contribution in [1.82, 2.24) is 4.98 Å². The van der Waals surface area contributed by atoms with E-state index in [0.717, 1.165) is 6.42 Å². The number of rotatable bonds is 3. The second kappa shape index (κ2) is 4.26. The van der Waals surface area contributed by atoms with Crippen LogP contribution in [0.5, 0.6) is 0 Å². The smallest absolute Gasteiger partial charge is 0.185 e. The molecule has 0 saturated heterocycles. The molecule has 0 amide bonds. The molecule has 84 valence electrons. The van der Waals surface area contributed by atoms with Crippen molar-refractivity contribution < 1.29 is 0 Å². The van der Waals surface area contributed by atoms with E-state index in [1.165, 1.54) is 22.2 Å². The maximum Gasteiger partial charge on any atom is 0.185 e. The molecular weight excluding hydrogens is 200 g/mol. The van der Waals surface area contributed by atoms with Gasteiger partial charge in [-0.1, -0.05) is 18.2 Å². The van der Waals surface area contributed by atoms with E-state index in [2.05, 4.69) is 29.0 Å². The zero-order valence-electron chi connectivity index (χ0n) is 9.33.